The molecule has 1 amide bonds. The monoisotopic (exact) mass is 382 g/mol. The topological polar surface area (TPSA) is 79.9 Å². The molecule has 0 aliphatic carbocycles. The lowest BCUT2D eigenvalue weighted by Crippen LogP contribution is -2.12. The number of carbonyl (C=O) groups excluding carboxylic acids is 1. The van der Waals surface area contributed by atoms with E-state index >= 15 is 0 Å². The lowest BCUT2D eigenvalue weighted by molar-refractivity contribution is 0.102. The Morgan fingerprint density at radius 2 is 2.11 bits per heavy atom. The number of hydrogen-bond donors (Lipinski definition) is 2. The summed E-state index contributed by atoms with van der Waals surface area (Å²) in [5, 5.41) is 12.6. The van der Waals surface area contributed by atoms with Gasteiger partial charge in [0.1, 0.15) is 0 Å². The van der Waals surface area contributed by atoms with Crippen molar-refractivity contribution in [2.24, 2.45) is 0 Å². The number of H-pyrrole nitrogens is 1. The second-order valence-corrected chi connectivity index (χ2v) is 6.82. The zero-order chi connectivity index (χ0) is 19.0. The summed E-state index contributed by atoms with van der Waals surface area (Å²) in [7, 11) is 1.41. The van der Waals surface area contributed by atoms with Crippen LogP contribution in [0.3, 0.4) is 0 Å². The lowest BCUT2D eigenvalue weighted by atomic mass is 10.1. The minimum atomic E-state index is -0.466. The van der Waals surface area contributed by atoms with E-state index in [1.807, 2.05) is 25.1 Å². The van der Waals surface area contributed by atoms with E-state index < -0.39 is 5.82 Å². The van der Waals surface area contributed by atoms with Crippen LogP contribution in [0, 0.1) is 12.7 Å². The fourth-order valence-electron chi connectivity index (χ4n) is 2.75. The van der Waals surface area contributed by atoms with E-state index in [1.165, 1.54) is 24.5 Å². The molecule has 2 heterocycles. The van der Waals surface area contributed by atoms with Gasteiger partial charge >= 0.3 is 0 Å². The first-order chi connectivity index (χ1) is 13.0. The van der Waals surface area contributed by atoms with E-state index in [0.717, 1.165) is 16.5 Å². The molecule has 4 rings (SSSR count). The average Bonchev–Trinajstić information content (AvgIpc) is 3.28. The number of amides is 1. The van der Waals surface area contributed by atoms with Crippen LogP contribution >= 0.6 is 11.3 Å². The van der Waals surface area contributed by atoms with Gasteiger partial charge in [0, 0.05) is 16.3 Å². The van der Waals surface area contributed by atoms with Gasteiger partial charge in [0.15, 0.2) is 22.4 Å². The number of methoxy groups -OCH3 is 1. The van der Waals surface area contributed by atoms with Gasteiger partial charge in [-0.25, -0.2) is 9.37 Å². The van der Waals surface area contributed by atoms with Crippen molar-refractivity contribution < 1.29 is 13.9 Å². The summed E-state index contributed by atoms with van der Waals surface area (Å²) in [5.41, 5.74) is 3.31. The number of nitrogens with one attached hydrogen (secondary N) is 2. The molecule has 0 saturated heterocycles. The molecule has 2 aromatic heterocycles. The Hall–Kier alpha value is -3.26. The van der Waals surface area contributed by atoms with Crippen molar-refractivity contribution in [2.45, 2.75) is 6.92 Å². The van der Waals surface area contributed by atoms with Crippen LogP contribution in [0.5, 0.6) is 5.75 Å². The van der Waals surface area contributed by atoms with Gasteiger partial charge in [0.25, 0.3) is 5.91 Å². The Labute approximate surface area is 158 Å². The third kappa shape index (κ3) is 3.26. The number of ether oxygens (including phenoxy) is 1. The third-order valence-corrected chi connectivity index (χ3v) is 4.86. The standard InChI is InChI=1S/C19H15FN4O2S/c1-10-3-5-14-12(7-10)17(24-23-14)18(25)22-19-21-15(9-27-19)11-4-6-16(26-2)13(20)8-11/h3-9H,1-2H3,(H,23,24)(H,21,22,25). The normalized spacial score (nSPS) is 10.9. The quantitative estimate of drug-likeness (QED) is 0.548. The Morgan fingerprint density at radius 1 is 1.26 bits per heavy atom. The van der Waals surface area contributed by atoms with E-state index in [-0.39, 0.29) is 11.7 Å². The number of halogens is 1. The predicted octanol–water partition coefficient (Wildman–Crippen LogP) is 4.39. The molecule has 0 unspecified atom stereocenters. The Bertz CT molecular complexity index is 1150. The number of benzene rings is 2. The van der Waals surface area contributed by atoms with Crippen LogP contribution in [-0.2, 0) is 0 Å². The number of carbonyl (C=O) groups is 1. The maximum Gasteiger partial charge on any atom is 0.278 e. The maximum absolute atomic E-state index is 13.9. The van der Waals surface area contributed by atoms with Crippen LogP contribution in [0.25, 0.3) is 22.2 Å². The summed E-state index contributed by atoms with van der Waals surface area (Å²) >= 11 is 1.26. The highest BCUT2D eigenvalue weighted by molar-refractivity contribution is 7.14. The first kappa shape index (κ1) is 17.2. The third-order valence-electron chi connectivity index (χ3n) is 4.11. The Balaban J connectivity index is 1.57. The second kappa shape index (κ2) is 6.81. The molecule has 0 radical (unpaired) electrons. The van der Waals surface area contributed by atoms with Crippen molar-refractivity contribution in [1.29, 1.82) is 0 Å². The van der Waals surface area contributed by atoms with Gasteiger partial charge in [-0.3, -0.25) is 15.2 Å². The molecule has 4 aromatic rings. The van der Waals surface area contributed by atoms with Gasteiger partial charge in [0.05, 0.1) is 18.3 Å². The summed E-state index contributed by atoms with van der Waals surface area (Å²) in [6.07, 6.45) is 0. The minimum Gasteiger partial charge on any atom is -0.494 e. The Kier molecular flexibility index (Phi) is 4.33. The number of hydrogen-bond acceptors (Lipinski definition) is 5. The molecule has 0 bridgehead atoms. The molecule has 0 saturated carbocycles. The molecule has 136 valence electrons. The van der Waals surface area contributed by atoms with Crippen LogP contribution in [0.1, 0.15) is 16.1 Å². The van der Waals surface area contributed by atoms with E-state index in [1.54, 1.807) is 17.5 Å². The molecular formula is C19H15FN4O2S. The molecule has 0 atom stereocenters. The van der Waals surface area contributed by atoms with Gasteiger partial charge in [0.2, 0.25) is 0 Å². The van der Waals surface area contributed by atoms with Gasteiger partial charge in [-0.15, -0.1) is 11.3 Å². The van der Waals surface area contributed by atoms with Crippen molar-refractivity contribution in [3.63, 3.8) is 0 Å². The van der Waals surface area contributed by atoms with Crippen LogP contribution in [0.15, 0.2) is 41.8 Å². The molecule has 8 heteroatoms. The molecule has 2 N–H and O–H groups in total. The summed E-state index contributed by atoms with van der Waals surface area (Å²) in [4.78, 5) is 16.9. The van der Waals surface area contributed by atoms with E-state index in [2.05, 4.69) is 20.5 Å². The van der Waals surface area contributed by atoms with Crippen molar-refractivity contribution in [3.05, 3.63) is 58.9 Å². The summed E-state index contributed by atoms with van der Waals surface area (Å²) in [5.74, 6) is -0.649. The largest absolute Gasteiger partial charge is 0.494 e. The Morgan fingerprint density at radius 3 is 2.89 bits per heavy atom. The fraction of sp³-hybridized carbons (Fsp3) is 0.105. The molecule has 27 heavy (non-hydrogen) atoms. The van der Waals surface area contributed by atoms with Gasteiger partial charge in [-0.2, -0.15) is 5.10 Å². The fourth-order valence-corrected chi connectivity index (χ4v) is 3.46. The summed E-state index contributed by atoms with van der Waals surface area (Å²) < 4.78 is 18.8. The summed E-state index contributed by atoms with van der Waals surface area (Å²) in [6.45, 7) is 1.95. The number of rotatable bonds is 4. The van der Waals surface area contributed by atoms with Gasteiger partial charge < -0.3 is 4.74 Å². The van der Waals surface area contributed by atoms with Crippen molar-refractivity contribution in [1.82, 2.24) is 15.2 Å². The molecular weight excluding hydrogens is 367 g/mol. The van der Waals surface area contributed by atoms with Gasteiger partial charge in [-0.1, -0.05) is 11.6 Å². The number of fused-ring (bicyclic) bond motifs is 1. The van der Waals surface area contributed by atoms with E-state index in [4.69, 9.17) is 4.74 Å². The number of thiazole rings is 1. The van der Waals surface area contributed by atoms with Crippen molar-refractivity contribution in [3.8, 4) is 17.0 Å². The average molecular weight is 382 g/mol. The maximum atomic E-state index is 13.9. The van der Waals surface area contributed by atoms with Crippen molar-refractivity contribution >= 4 is 33.3 Å². The molecule has 0 aliphatic heterocycles. The van der Waals surface area contributed by atoms with E-state index in [9.17, 15) is 9.18 Å². The zero-order valence-electron chi connectivity index (χ0n) is 14.5. The van der Waals surface area contributed by atoms with Crippen LogP contribution in [-0.4, -0.2) is 28.2 Å². The SMILES string of the molecule is COc1ccc(-c2csc(NC(=O)c3n[nH]c4ccc(C)cc34)n2)cc1F. The number of nitrogens with zero attached hydrogens (tertiary/aromatic N) is 2. The second-order valence-electron chi connectivity index (χ2n) is 5.96. The zero-order valence-corrected chi connectivity index (χ0v) is 15.4. The first-order valence-electron chi connectivity index (χ1n) is 8.10. The van der Waals surface area contributed by atoms with Crippen molar-refractivity contribution in [2.75, 3.05) is 12.4 Å². The molecule has 0 spiro atoms. The highest BCUT2D eigenvalue weighted by Gasteiger charge is 2.16. The predicted molar refractivity (Wildman–Crippen MR) is 103 cm³/mol. The minimum absolute atomic E-state index is 0.170. The highest BCUT2D eigenvalue weighted by Crippen LogP contribution is 2.29. The van der Waals surface area contributed by atoms with E-state index in [0.29, 0.717) is 22.1 Å². The summed E-state index contributed by atoms with van der Waals surface area (Å²) in [6, 6.07) is 10.3. The number of anilines is 1. The molecule has 0 aliphatic rings. The highest BCUT2D eigenvalue weighted by atomic mass is 32.1. The van der Waals surface area contributed by atoms with Crippen LogP contribution in [0.4, 0.5) is 9.52 Å². The van der Waals surface area contributed by atoms with Gasteiger partial charge in [-0.05, 0) is 37.3 Å². The number of aromatic amines is 1. The molecule has 0 fully saturated rings. The molecule has 2 aromatic carbocycles. The van der Waals surface area contributed by atoms with Crippen LogP contribution in [0.2, 0.25) is 0 Å². The van der Waals surface area contributed by atoms with Crippen LogP contribution < -0.4 is 10.1 Å². The lowest BCUT2D eigenvalue weighted by Gasteiger charge is -2.03. The smallest absolute Gasteiger partial charge is 0.278 e. The number of aryl methyl sites for hydroxylation is 1. The molecule has 6 nitrogen and oxygen atoms in total. The first-order valence-corrected chi connectivity index (χ1v) is 8.98. The number of aromatic nitrogens is 3.